The number of hydrogen-bond donors (Lipinski definition) is 1. The van der Waals surface area contributed by atoms with Gasteiger partial charge in [0.25, 0.3) is 0 Å². The predicted octanol–water partition coefficient (Wildman–Crippen LogP) is 6.82. The van der Waals surface area contributed by atoms with Crippen molar-refractivity contribution in [1.82, 2.24) is 14.2 Å². The molecule has 0 radical (unpaired) electrons. The molecule has 5 aromatic rings. The van der Waals surface area contributed by atoms with Crippen LogP contribution in [-0.2, 0) is 19.6 Å². The summed E-state index contributed by atoms with van der Waals surface area (Å²) in [5.41, 5.74) is 7.61. The minimum atomic E-state index is 0.386. The molecule has 192 valence electrons. The number of anilines is 1. The molecule has 7 heteroatoms. The molecule has 1 N–H and O–H groups in total. The predicted molar refractivity (Wildman–Crippen MR) is 155 cm³/mol. The lowest BCUT2D eigenvalue weighted by Gasteiger charge is -2.14. The van der Waals surface area contributed by atoms with Crippen molar-refractivity contribution in [2.45, 2.75) is 39.3 Å². The van der Waals surface area contributed by atoms with Crippen LogP contribution in [-0.4, -0.2) is 26.3 Å². The minimum Gasteiger partial charge on any atom is -0.495 e. The number of hydrogen-bond acceptors (Lipinski definition) is 4. The van der Waals surface area contributed by atoms with Gasteiger partial charge in [-0.25, -0.2) is 4.52 Å². The van der Waals surface area contributed by atoms with Crippen molar-refractivity contribution in [2.24, 2.45) is 0 Å². The number of ether oxygens (including phenoxy) is 2. The zero-order valence-corrected chi connectivity index (χ0v) is 22.4. The molecule has 0 saturated carbocycles. The number of rotatable bonds is 7. The van der Waals surface area contributed by atoms with E-state index in [1.165, 1.54) is 11.1 Å². The Balaban J connectivity index is 1.51. The molecule has 3 aromatic carbocycles. The number of thiocarbonyl (C=S) groups is 1. The molecule has 0 unspecified atom stereocenters. The highest BCUT2D eigenvalue weighted by Crippen LogP contribution is 2.38. The number of aryl methyl sites for hydroxylation is 3. The minimum absolute atomic E-state index is 0.386. The second-order valence-corrected chi connectivity index (χ2v) is 9.99. The van der Waals surface area contributed by atoms with Gasteiger partial charge >= 0.3 is 0 Å². The largest absolute Gasteiger partial charge is 0.495 e. The van der Waals surface area contributed by atoms with Crippen LogP contribution in [0.1, 0.15) is 35.5 Å². The normalized spacial score (nSPS) is 12.8. The van der Waals surface area contributed by atoms with E-state index in [9.17, 15) is 0 Å². The smallest absolute Gasteiger partial charge is 0.169 e. The van der Waals surface area contributed by atoms with Crippen LogP contribution in [0.5, 0.6) is 11.5 Å². The van der Waals surface area contributed by atoms with Gasteiger partial charge in [0.05, 0.1) is 12.8 Å². The molecule has 0 aliphatic carbocycles. The van der Waals surface area contributed by atoms with Crippen molar-refractivity contribution < 1.29 is 9.47 Å². The van der Waals surface area contributed by atoms with Crippen molar-refractivity contribution in [1.29, 1.82) is 0 Å². The summed E-state index contributed by atoms with van der Waals surface area (Å²) in [5, 5.41) is 8.56. The SMILES string of the molecule is COc1ccccc1NC(=S)c1c(-c2ccc(C)cc2)c2c3n(c(COc4ccccc4)nn13)CCCC2. The van der Waals surface area contributed by atoms with E-state index < -0.39 is 0 Å². The molecule has 38 heavy (non-hydrogen) atoms. The molecule has 0 saturated heterocycles. The van der Waals surface area contributed by atoms with Crippen molar-refractivity contribution in [3.8, 4) is 22.6 Å². The lowest BCUT2D eigenvalue weighted by molar-refractivity contribution is 0.288. The third kappa shape index (κ3) is 4.43. The second kappa shape index (κ2) is 10.3. The van der Waals surface area contributed by atoms with E-state index in [0.717, 1.165) is 71.3 Å². The number of aromatic nitrogens is 3. The summed E-state index contributed by atoms with van der Waals surface area (Å²) in [4.78, 5) is 0.604. The Bertz CT molecular complexity index is 1600. The molecule has 1 aliphatic rings. The molecule has 0 amide bonds. The molecule has 6 rings (SSSR count). The highest BCUT2D eigenvalue weighted by molar-refractivity contribution is 7.81. The monoisotopic (exact) mass is 522 g/mol. The highest BCUT2D eigenvalue weighted by atomic mass is 32.1. The highest BCUT2D eigenvalue weighted by Gasteiger charge is 2.29. The van der Waals surface area contributed by atoms with Crippen molar-refractivity contribution >= 4 is 28.5 Å². The van der Waals surface area contributed by atoms with E-state index in [2.05, 4.69) is 41.1 Å². The average molecular weight is 523 g/mol. The molecule has 2 aromatic heterocycles. The number of benzene rings is 3. The van der Waals surface area contributed by atoms with Gasteiger partial charge in [-0.2, -0.15) is 0 Å². The zero-order chi connectivity index (χ0) is 26.1. The van der Waals surface area contributed by atoms with Gasteiger partial charge in [-0.3, -0.25) is 0 Å². The molecular formula is C31H30N4O2S. The first-order valence-corrected chi connectivity index (χ1v) is 13.4. The first kappa shape index (κ1) is 24.2. The Morgan fingerprint density at radius 1 is 0.974 bits per heavy atom. The van der Waals surface area contributed by atoms with Crippen molar-refractivity contribution in [3.63, 3.8) is 0 Å². The van der Waals surface area contributed by atoms with Crippen LogP contribution >= 0.6 is 12.2 Å². The first-order chi connectivity index (χ1) is 18.6. The topological polar surface area (TPSA) is 52.7 Å². The molecule has 0 spiro atoms. The number of nitrogens with zero attached hydrogens (tertiary/aromatic N) is 3. The third-order valence-corrected chi connectivity index (χ3v) is 7.38. The number of methoxy groups -OCH3 is 1. The van der Waals surface area contributed by atoms with Crippen molar-refractivity contribution in [3.05, 3.63) is 102 Å². The van der Waals surface area contributed by atoms with Crippen LogP contribution < -0.4 is 14.8 Å². The summed E-state index contributed by atoms with van der Waals surface area (Å²) in [6.07, 6.45) is 3.16. The van der Waals surface area contributed by atoms with Gasteiger partial charge in [0.2, 0.25) is 0 Å². The fraction of sp³-hybridized carbons (Fsp3) is 0.226. The van der Waals surface area contributed by atoms with Gasteiger partial charge in [-0.1, -0.05) is 72.4 Å². The first-order valence-electron chi connectivity index (χ1n) is 13.0. The molecule has 1 aliphatic heterocycles. The third-order valence-electron chi connectivity index (χ3n) is 7.08. The standard InChI is InChI=1S/C31H30N4O2S/c1-21-15-17-22(18-16-21)28-24-12-8-9-19-34-27(20-37-23-10-4-3-5-11-23)33-35(31(24)34)29(28)30(38)32-25-13-6-7-14-26(25)36-2/h3-7,10-11,13-18H,8-9,12,19-20H2,1-2H3,(H,32,38). The molecule has 0 atom stereocenters. The van der Waals surface area contributed by atoms with E-state index in [0.29, 0.717) is 11.6 Å². The van der Waals surface area contributed by atoms with Crippen LogP contribution in [0.2, 0.25) is 0 Å². The van der Waals surface area contributed by atoms with Crippen LogP contribution in [0.4, 0.5) is 5.69 Å². The van der Waals surface area contributed by atoms with Crippen molar-refractivity contribution in [2.75, 3.05) is 12.4 Å². The Labute approximate surface area is 227 Å². The van der Waals surface area contributed by atoms with Crippen LogP contribution in [0.25, 0.3) is 16.8 Å². The van der Waals surface area contributed by atoms with Gasteiger partial charge in [-0.05, 0) is 56.0 Å². The summed E-state index contributed by atoms with van der Waals surface area (Å²) in [6, 6.07) is 26.4. The Hall–Kier alpha value is -4.10. The average Bonchev–Trinajstić information content (AvgIpc) is 3.35. The van der Waals surface area contributed by atoms with E-state index in [1.54, 1.807) is 7.11 Å². The van der Waals surface area contributed by atoms with Crippen LogP contribution in [0.3, 0.4) is 0 Å². The summed E-state index contributed by atoms with van der Waals surface area (Å²) in [6.45, 7) is 3.39. The van der Waals surface area contributed by atoms with E-state index in [-0.39, 0.29) is 0 Å². The van der Waals surface area contributed by atoms with Gasteiger partial charge in [0.1, 0.15) is 34.4 Å². The van der Waals surface area contributed by atoms with Gasteiger partial charge in [-0.15, -0.1) is 5.10 Å². The Kier molecular flexibility index (Phi) is 6.60. The van der Waals surface area contributed by atoms with E-state index >= 15 is 0 Å². The Morgan fingerprint density at radius 2 is 1.74 bits per heavy atom. The van der Waals surface area contributed by atoms with E-state index in [4.69, 9.17) is 26.8 Å². The maximum atomic E-state index is 6.13. The summed E-state index contributed by atoms with van der Waals surface area (Å²) < 4.78 is 16.1. The quantitative estimate of drug-likeness (QED) is 0.238. The molecule has 0 bridgehead atoms. The lowest BCUT2D eigenvalue weighted by Crippen LogP contribution is -2.15. The lowest BCUT2D eigenvalue weighted by atomic mass is 9.97. The van der Waals surface area contributed by atoms with Gasteiger partial charge in [0.15, 0.2) is 5.82 Å². The molecule has 0 fully saturated rings. The summed E-state index contributed by atoms with van der Waals surface area (Å²) in [7, 11) is 1.67. The summed E-state index contributed by atoms with van der Waals surface area (Å²) in [5.74, 6) is 2.46. The van der Waals surface area contributed by atoms with Crippen LogP contribution in [0.15, 0.2) is 78.9 Å². The van der Waals surface area contributed by atoms with Gasteiger partial charge < -0.3 is 19.4 Å². The van der Waals surface area contributed by atoms with Gasteiger partial charge in [0, 0.05) is 17.7 Å². The number of nitrogens with one attached hydrogen (secondary N) is 1. The second-order valence-electron chi connectivity index (χ2n) is 9.58. The summed E-state index contributed by atoms with van der Waals surface area (Å²) >= 11 is 6.09. The fourth-order valence-corrected chi connectivity index (χ4v) is 5.54. The molecule has 3 heterocycles. The molecule has 6 nitrogen and oxygen atoms in total. The maximum absolute atomic E-state index is 6.13. The zero-order valence-electron chi connectivity index (χ0n) is 21.6. The maximum Gasteiger partial charge on any atom is 0.169 e. The Morgan fingerprint density at radius 3 is 2.53 bits per heavy atom. The van der Waals surface area contributed by atoms with Crippen LogP contribution in [0, 0.1) is 6.92 Å². The number of para-hydroxylation sites is 3. The fourth-order valence-electron chi connectivity index (χ4n) is 5.25. The molecular weight excluding hydrogens is 492 g/mol. The van der Waals surface area contributed by atoms with E-state index in [1.807, 2.05) is 59.1 Å².